The maximum Gasteiger partial charge on any atom is 0.265 e. The number of aryl methyl sites for hydroxylation is 2. The number of ether oxygens (including phenoxy) is 3. The molecule has 1 N–H and O–H groups in total. The Morgan fingerprint density at radius 2 is 1.63 bits per heavy atom. The Balaban J connectivity index is 1.68. The Morgan fingerprint density at radius 3 is 2.23 bits per heavy atom. The SMILES string of the molecule is CCc1cccc(CC)c1NC(=O)C(C)Oc1c(C)n(CCOc2ccc(OC)cc2)ccc1=O. The second-order valence-corrected chi connectivity index (χ2v) is 8.22. The van der Waals surface area contributed by atoms with Gasteiger partial charge in [0, 0.05) is 18.0 Å². The molecule has 0 spiro atoms. The zero-order valence-electron chi connectivity index (χ0n) is 21.1. The summed E-state index contributed by atoms with van der Waals surface area (Å²) in [6.07, 6.45) is 2.47. The van der Waals surface area contributed by atoms with Gasteiger partial charge in [-0.05, 0) is 62.1 Å². The molecule has 0 saturated carbocycles. The number of aromatic nitrogens is 1. The summed E-state index contributed by atoms with van der Waals surface area (Å²) in [7, 11) is 1.62. The summed E-state index contributed by atoms with van der Waals surface area (Å²) in [6.45, 7) is 8.48. The highest BCUT2D eigenvalue weighted by Gasteiger charge is 2.20. The third kappa shape index (κ3) is 6.44. The second-order valence-electron chi connectivity index (χ2n) is 8.22. The summed E-state index contributed by atoms with van der Waals surface area (Å²) in [5.74, 6) is 1.36. The molecule has 1 heterocycles. The third-order valence-electron chi connectivity index (χ3n) is 5.96. The average molecular weight is 479 g/mol. The van der Waals surface area contributed by atoms with Crippen molar-refractivity contribution in [3.63, 3.8) is 0 Å². The van der Waals surface area contributed by atoms with E-state index in [1.54, 1.807) is 27.2 Å². The molecule has 3 aromatic rings. The molecule has 0 saturated heterocycles. The van der Waals surface area contributed by atoms with Gasteiger partial charge in [0.2, 0.25) is 5.43 Å². The molecule has 0 fully saturated rings. The number of nitrogens with one attached hydrogen (secondary N) is 1. The van der Waals surface area contributed by atoms with Crippen LogP contribution in [0.4, 0.5) is 5.69 Å². The molecule has 7 heteroatoms. The first-order valence-electron chi connectivity index (χ1n) is 11.9. The van der Waals surface area contributed by atoms with Gasteiger partial charge in [0.25, 0.3) is 5.91 Å². The number of pyridine rings is 1. The Labute approximate surface area is 206 Å². The first kappa shape index (κ1) is 25.9. The molecule has 1 atom stereocenters. The van der Waals surface area contributed by atoms with Crippen LogP contribution in [0.2, 0.25) is 0 Å². The van der Waals surface area contributed by atoms with Crippen LogP contribution in [0, 0.1) is 6.92 Å². The van der Waals surface area contributed by atoms with Gasteiger partial charge in [-0.1, -0.05) is 32.0 Å². The van der Waals surface area contributed by atoms with Crippen molar-refractivity contribution in [3.8, 4) is 17.2 Å². The van der Waals surface area contributed by atoms with Crippen LogP contribution in [-0.2, 0) is 24.2 Å². The predicted octanol–water partition coefficient (Wildman–Crippen LogP) is 4.78. The number of carbonyl (C=O) groups is 1. The van der Waals surface area contributed by atoms with Crippen molar-refractivity contribution in [2.24, 2.45) is 0 Å². The lowest BCUT2D eigenvalue weighted by Crippen LogP contribution is -2.33. The maximum atomic E-state index is 13.0. The highest BCUT2D eigenvalue weighted by molar-refractivity contribution is 5.95. The van der Waals surface area contributed by atoms with Crippen LogP contribution < -0.4 is 25.0 Å². The highest BCUT2D eigenvalue weighted by Crippen LogP contribution is 2.23. The molecule has 0 aliphatic carbocycles. The molecular weight excluding hydrogens is 444 g/mol. The second kappa shape index (κ2) is 12.1. The molecule has 0 aliphatic heterocycles. The number of hydrogen-bond acceptors (Lipinski definition) is 5. The third-order valence-corrected chi connectivity index (χ3v) is 5.96. The summed E-state index contributed by atoms with van der Waals surface area (Å²) < 4.78 is 18.7. The van der Waals surface area contributed by atoms with Gasteiger partial charge >= 0.3 is 0 Å². The molecule has 7 nitrogen and oxygen atoms in total. The van der Waals surface area contributed by atoms with Gasteiger partial charge in [-0.2, -0.15) is 0 Å². The van der Waals surface area contributed by atoms with Gasteiger partial charge in [0.05, 0.1) is 19.3 Å². The van der Waals surface area contributed by atoms with Gasteiger partial charge < -0.3 is 24.1 Å². The number of anilines is 1. The van der Waals surface area contributed by atoms with Crippen molar-refractivity contribution in [1.29, 1.82) is 0 Å². The minimum Gasteiger partial charge on any atom is -0.497 e. The van der Waals surface area contributed by atoms with E-state index >= 15 is 0 Å². The topological polar surface area (TPSA) is 78.8 Å². The quantitative estimate of drug-likeness (QED) is 0.429. The van der Waals surface area contributed by atoms with Crippen molar-refractivity contribution < 1.29 is 19.0 Å². The van der Waals surface area contributed by atoms with Crippen molar-refractivity contribution in [1.82, 2.24) is 4.57 Å². The minimum atomic E-state index is -0.845. The zero-order valence-corrected chi connectivity index (χ0v) is 21.1. The standard InChI is InChI=1S/C28H34N2O5/c1-6-21-9-8-10-22(7-2)26(21)29-28(32)20(4)35-27-19(3)30(16-15-25(27)31)17-18-34-24-13-11-23(33-5)12-14-24/h8-16,20H,6-7,17-18H2,1-5H3,(H,29,32). The van der Waals surface area contributed by atoms with E-state index in [0.29, 0.717) is 18.8 Å². The normalized spacial score (nSPS) is 11.6. The number of rotatable bonds is 11. The zero-order chi connectivity index (χ0) is 25.4. The van der Waals surface area contributed by atoms with Crippen LogP contribution in [-0.4, -0.2) is 30.3 Å². The fraction of sp³-hybridized carbons (Fsp3) is 0.357. The summed E-state index contributed by atoms with van der Waals surface area (Å²) >= 11 is 0. The number of amides is 1. The highest BCUT2D eigenvalue weighted by atomic mass is 16.5. The van der Waals surface area contributed by atoms with Gasteiger partial charge in [-0.25, -0.2) is 0 Å². The average Bonchev–Trinajstić information content (AvgIpc) is 2.88. The number of carbonyl (C=O) groups excluding carboxylic acids is 1. The van der Waals surface area contributed by atoms with Crippen LogP contribution in [0.25, 0.3) is 0 Å². The lowest BCUT2D eigenvalue weighted by molar-refractivity contribution is -0.122. The summed E-state index contributed by atoms with van der Waals surface area (Å²) in [5.41, 5.74) is 3.34. The molecule has 1 aromatic heterocycles. The molecule has 0 aliphatic rings. The van der Waals surface area contributed by atoms with Crippen molar-refractivity contribution in [2.45, 2.75) is 53.2 Å². The molecular formula is C28H34N2O5. The number of methoxy groups -OCH3 is 1. The number of nitrogens with zero attached hydrogens (tertiary/aromatic N) is 1. The number of hydrogen-bond donors (Lipinski definition) is 1. The molecule has 0 bridgehead atoms. The van der Waals surface area contributed by atoms with Gasteiger partial charge in [0.15, 0.2) is 11.9 Å². The lowest BCUT2D eigenvalue weighted by Gasteiger charge is -2.20. The van der Waals surface area contributed by atoms with Crippen molar-refractivity contribution in [3.05, 3.63) is 81.8 Å². The first-order chi connectivity index (χ1) is 16.9. The maximum absolute atomic E-state index is 13.0. The van der Waals surface area contributed by atoms with Gasteiger partial charge in [-0.15, -0.1) is 0 Å². The molecule has 35 heavy (non-hydrogen) atoms. The Hall–Kier alpha value is -3.74. The first-order valence-corrected chi connectivity index (χ1v) is 11.9. The van der Waals surface area contributed by atoms with E-state index in [9.17, 15) is 9.59 Å². The number of benzene rings is 2. The van der Waals surface area contributed by atoms with E-state index in [2.05, 4.69) is 19.2 Å². The van der Waals surface area contributed by atoms with Crippen LogP contribution in [0.1, 0.15) is 37.6 Å². The van der Waals surface area contributed by atoms with Crippen LogP contribution in [0.5, 0.6) is 17.2 Å². The van der Waals surface area contributed by atoms with Crippen molar-refractivity contribution >= 4 is 11.6 Å². The van der Waals surface area contributed by atoms with E-state index in [1.165, 1.54) is 6.07 Å². The predicted molar refractivity (Wildman–Crippen MR) is 138 cm³/mol. The number of para-hydroxylation sites is 1. The minimum absolute atomic E-state index is 0.166. The van der Waals surface area contributed by atoms with Gasteiger partial charge in [-0.3, -0.25) is 9.59 Å². The molecule has 0 radical (unpaired) electrons. The monoisotopic (exact) mass is 478 g/mol. The molecule has 1 unspecified atom stereocenters. The molecule has 3 rings (SSSR count). The Bertz CT molecular complexity index is 1180. The smallest absolute Gasteiger partial charge is 0.265 e. The van der Waals surface area contributed by atoms with Crippen LogP contribution >= 0.6 is 0 Å². The summed E-state index contributed by atoms with van der Waals surface area (Å²) in [4.78, 5) is 25.5. The van der Waals surface area contributed by atoms with E-state index in [-0.39, 0.29) is 17.1 Å². The van der Waals surface area contributed by atoms with E-state index < -0.39 is 6.10 Å². The van der Waals surface area contributed by atoms with Crippen molar-refractivity contribution in [2.75, 3.05) is 19.0 Å². The van der Waals surface area contributed by atoms with Crippen LogP contribution in [0.3, 0.4) is 0 Å². The molecule has 186 valence electrons. The van der Waals surface area contributed by atoms with Gasteiger partial charge in [0.1, 0.15) is 18.1 Å². The lowest BCUT2D eigenvalue weighted by atomic mass is 10.0. The summed E-state index contributed by atoms with van der Waals surface area (Å²) in [6, 6.07) is 14.8. The fourth-order valence-corrected chi connectivity index (χ4v) is 3.83. The van der Waals surface area contributed by atoms with E-state index in [0.717, 1.165) is 41.2 Å². The van der Waals surface area contributed by atoms with Crippen LogP contribution in [0.15, 0.2) is 59.5 Å². The molecule has 1 amide bonds. The Kier molecular flexibility index (Phi) is 8.95. The molecule has 2 aromatic carbocycles. The fourth-order valence-electron chi connectivity index (χ4n) is 3.83. The van der Waals surface area contributed by atoms with E-state index in [1.807, 2.05) is 47.0 Å². The summed E-state index contributed by atoms with van der Waals surface area (Å²) in [5, 5.41) is 3.01. The Morgan fingerprint density at radius 1 is 1.00 bits per heavy atom. The van der Waals surface area contributed by atoms with E-state index in [4.69, 9.17) is 14.2 Å². The largest absolute Gasteiger partial charge is 0.497 e.